The van der Waals surface area contributed by atoms with E-state index in [1.807, 2.05) is 0 Å². The average Bonchev–Trinajstić information content (AvgIpc) is 3.25. The van der Waals surface area contributed by atoms with Gasteiger partial charge in [-0.25, -0.2) is 0 Å². The highest BCUT2D eigenvalue weighted by molar-refractivity contribution is 5.85. The fourth-order valence-electron chi connectivity index (χ4n) is 2.84. The van der Waals surface area contributed by atoms with Gasteiger partial charge in [0.05, 0.1) is 6.10 Å². The largest absolute Gasteiger partial charge is 0.481 e. The molecular weight excluding hydrogens is 280 g/mol. The highest BCUT2D eigenvalue weighted by atomic mass is 16.6. The van der Waals surface area contributed by atoms with Crippen molar-refractivity contribution in [1.82, 2.24) is 0 Å². The van der Waals surface area contributed by atoms with E-state index in [9.17, 15) is 9.59 Å². The van der Waals surface area contributed by atoms with E-state index in [0.29, 0.717) is 12.2 Å². The van der Waals surface area contributed by atoms with E-state index in [-0.39, 0.29) is 18.6 Å². The van der Waals surface area contributed by atoms with Crippen molar-refractivity contribution in [3.8, 4) is 0 Å². The van der Waals surface area contributed by atoms with Gasteiger partial charge in [-0.3, -0.25) is 9.59 Å². The molecule has 1 rings (SSSR count). The third-order valence-electron chi connectivity index (χ3n) is 4.31. The van der Waals surface area contributed by atoms with Crippen LogP contribution in [-0.2, 0) is 14.3 Å². The summed E-state index contributed by atoms with van der Waals surface area (Å²) < 4.78 is 5.49. The normalized spacial score (nSPS) is 20.0. The van der Waals surface area contributed by atoms with Gasteiger partial charge < -0.3 is 9.84 Å². The Hall–Kier alpha value is -0.900. The van der Waals surface area contributed by atoms with Crippen LogP contribution in [0.4, 0.5) is 0 Å². The van der Waals surface area contributed by atoms with Crippen molar-refractivity contribution in [2.24, 2.45) is 0 Å². The molecule has 1 heterocycles. The number of hydrogen-bond donors (Lipinski definition) is 1. The summed E-state index contributed by atoms with van der Waals surface area (Å²) in [5.41, 5.74) is 0. The minimum Gasteiger partial charge on any atom is -0.481 e. The molecule has 0 amide bonds. The standard InChI is InChI=1S/C18H32O4/c1-2-3-4-9-12-15(19)18-16(22-18)13-10-7-5-6-8-11-14-17(20)21/h16,18H,2-14H2,1H3,(H,20,21). The maximum Gasteiger partial charge on any atom is 0.303 e. The van der Waals surface area contributed by atoms with Crippen LogP contribution in [0.2, 0.25) is 0 Å². The van der Waals surface area contributed by atoms with E-state index in [1.165, 1.54) is 12.8 Å². The first kappa shape index (κ1) is 19.1. The second-order valence-electron chi connectivity index (χ2n) is 6.43. The Labute approximate surface area is 134 Å². The highest BCUT2D eigenvalue weighted by Crippen LogP contribution is 2.29. The molecule has 128 valence electrons. The van der Waals surface area contributed by atoms with Gasteiger partial charge in [-0.2, -0.15) is 0 Å². The van der Waals surface area contributed by atoms with Crippen molar-refractivity contribution in [1.29, 1.82) is 0 Å². The molecule has 22 heavy (non-hydrogen) atoms. The summed E-state index contributed by atoms with van der Waals surface area (Å²) in [5, 5.41) is 8.53. The Morgan fingerprint density at radius 1 is 0.864 bits per heavy atom. The van der Waals surface area contributed by atoms with Crippen LogP contribution in [0.5, 0.6) is 0 Å². The minimum absolute atomic E-state index is 0.0998. The highest BCUT2D eigenvalue weighted by Gasteiger charge is 2.43. The Bertz CT molecular complexity index is 327. The van der Waals surface area contributed by atoms with Crippen LogP contribution in [-0.4, -0.2) is 29.1 Å². The summed E-state index contributed by atoms with van der Waals surface area (Å²) in [7, 11) is 0. The average molecular weight is 312 g/mol. The Morgan fingerprint density at radius 2 is 1.45 bits per heavy atom. The van der Waals surface area contributed by atoms with E-state index in [4.69, 9.17) is 9.84 Å². The molecule has 0 aromatic carbocycles. The van der Waals surface area contributed by atoms with Gasteiger partial charge in [-0.15, -0.1) is 0 Å². The fraction of sp³-hybridized carbons (Fsp3) is 0.889. The lowest BCUT2D eigenvalue weighted by Crippen LogP contribution is -2.09. The van der Waals surface area contributed by atoms with E-state index in [2.05, 4.69) is 6.92 Å². The first-order valence-corrected chi connectivity index (χ1v) is 9.05. The third-order valence-corrected chi connectivity index (χ3v) is 4.31. The number of aliphatic carboxylic acids is 1. The molecule has 1 fully saturated rings. The van der Waals surface area contributed by atoms with Crippen LogP contribution < -0.4 is 0 Å². The summed E-state index contributed by atoms with van der Waals surface area (Å²) in [4.78, 5) is 22.2. The molecule has 0 aromatic heterocycles. The Morgan fingerprint density at radius 3 is 2.14 bits per heavy atom. The topological polar surface area (TPSA) is 66.9 Å². The molecule has 1 N–H and O–H groups in total. The molecule has 2 unspecified atom stereocenters. The molecule has 4 heteroatoms. The number of carboxylic acids is 1. The van der Waals surface area contributed by atoms with Gasteiger partial charge in [-0.1, -0.05) is 58.3 Å². The number of carbonyl (C=O) groups is 2. The molecule has 1 aliphatic rings. The van der Waals surface area contributed by atoms with Crippen molar-refractivity contribution in [3.05, 3.63) is 0 Å². The van der Waals surface area contributed by atoms with Crippen LogP contribution >= 0.6 is 0 Å². The Balaban J connectivity index is 1.87. The number of carboxylic acid groups (broad SMARTS) is 1. The lowest BCUT2D eigenvalue weighted by atomic mass is 10.0. The number of carbonyl (C=O) groups excluding carboxylic acids is 1. The van der Waals surface area contributed by atoms with E-state index < -0.39 is 5.97 Å². The van der Waals surface area contributed by atoms with Gasteiger partial charge in [-0.05, 0) is 19.3 Å². The molecule has 1 aliphatic heterocycles. The zero-order valence-corrected chi connectivity index (χ0v) is 14.0. The SMILES string of the molecule is CCCCCCC(=O)C1OC1CCCCCCCCC(=O)O. The van der Waals surface area contributed by atoms with Gasteiger partial charge in [0.1, 0.15) is 6.10 Å². The van der Waals surface area contributed by atoms with Crippen LogP contribution in [0, 0.1) is 0 Å². The lowest BCUT2D eigenvalue weighted by molar-refractivity contribution is -0.137. The van der Waals surface area contributed by atoms with Gasteiger partial charge in [0.25, 0.3) is 0 Å². The smallest absolute Gasteiger partial charge is 0.303 e. The first-order chi connectivity index (χ1) is 10.6. The predicted molar refractivity (Wildman–Crippen MR) is 87.0 cm³/mol. The minimum atomic E-state index is -0.698. The Kier molecular flexibility index (Phi) is 10.1. The molecule has 0 spiro atoms. The monoisotopic (exact) mass is 312 g/mol. The molecule has 0 bridgehead atoms. The molecule has 4 nitrogen and oxygen atoms in total. The van der Waals surface area contributed by atoms with Crippen LogP contribution in [0.1, 0.15) is 90.4 Å². The molecule has 0 saturated carbocycles. The zero-order valence-electron chi connectivity index (χ0n) is 14.0. The lowest BCUT2D eigenvalue weighted by Gasteiger charge is -2.00. The van der Waals surface area contributed by atoms with Crippen molar-refractivity contribution in [2.45, 2.75) is 103 Å². The molecular formula is C18H32O4. The third kappa shape index (κ3) is 9.19. The number of rotatable bonds is 15. The van der Waals surface area contributed by atoms with Crippen molar-refractivity contribution in [2.75, 3.05) is 0 Å². The second-order valence-corrected chi connectivity index (χ2v) is 6.43. The van der Waals surface area contributed by atoms with Crippen molar-refractivity contribution in [3.63, 3.8) is 0 Å². The number of ketones is 1. The van der Waals surface area contributed by atoms with Gasteiger partial charge in [0.2, 0.25) is 0 Å². The summed E-state index contributed by atoms with van der Waals surface area (Å²) >= 11 is 0. The maximum atomic E-state index is 11.9. The van der Waals surface area contributed by atoms with Gasteiger partial charge in [0.15, 0.2) is 5.78 Å². The molecule has 2 atom stereocenters. The molecule has 0 aliphatic carbocycles. The van der Waals surface area contributed by atoms with E-state index >= 15 is 0 Å². The van der Waals surface area contributed by atoms with Crippen molar-refractivity contribution < 1.29 is 19.4 Å². The summed E-state index contributed by atoms with van der Waals surface area (Å²) in [6.45, 7) is 2.17. The van der Waals surface area contributed by atoms with E-state index in [1.54, 1.807) is 0 Å². The summed E-state index contributed by atoms with van der Waals surface area (Å²) in [6, 6.07) is 0. The van der Waals surface area contributed by atoms with Crippen LogP contribution in [0.15, 0.2) is 0 Å². The molecule has 0 aromatic rings. The molecule has 1 saturated heterocycles. The zero-order chi connectivity index (χ0) is 16.2. The molecule has 0 radical (unpaired) electrons. The number of ether oxygens (including phenoxy) is 1. The fourth-order valence-corrected chi connectivity index (χ4v) is 2.84. The number of epoxide rings is 1. The second kappa shape index (κ2) is 11.6. The van der Waals surface area contributed by atoms with Crippen LogP contribution in [0.25, 0.3) is 0 Å². The summed E-state index contributed by atoms with van der Waals surface area (Å²) in [6.07, 6.45) is 13.0. The van der Waals surface area contributed by atoms with Crippen molar-refractivity contribution >= 4 is 11.8 Å². The van der Waals surface area contributed by atoms with Crippen LogP contribution in [0.3, 0.4) is 0 Å². The van der Waals surface area contributed by atoms with Gasteiger partial charge >= 0.3 is 5.97 Å². The number of unbranched alkanes of at least 4 members (excludes halogenated alkanes) is 8. The number of hydrogen-bond acceptors (Lipinski definition) is 3. The predicted octanol–water partition coefficient (Wildman–Crippen LogP) is 4.50. The van der Waals surface area contributed by atoms with E-state index in [0.717, 1.165) is 57.8 Å². The maximum absolute atomic E-state index is 11.9. The quantitative estimate of drug-likeness (QED) is 0.357. The first-order valence-electron chi connectivity index (χ1n) is 9.05. The number of Topliss-reactive ketones (excluding diaryl/α,β-unsaturated/α-hetero) is 1. The van der Waals surface area contributed by atoms with Gasteiger partial charge in [0, 0.05) is 12.8 Å². The summed E-state index contributed by atoms with van der Waals surface area (Å²) in [5.74, 6) is -0.397.